The van der Waals surface area contributed by atoms with Crippen molar-refractivity contribution in [3.8, 4) is 5.75 Å². The minimum atomic E-state index is 0.0527. The summed E-state index contributed by atoms with van der Waals surface area (Å²) in [6.07, 6.45) is 0. The van der Waals surface area contributed by atoms with Crippen LogP contribution in [0.25, 0.3) is 0 Å². The van der Waals surface area contributed by atoms with Gasteiger partial charge in [-0.1, -0.05) is 39.0 Å². The summed E-state index contributed by atoms with van der Waals surface area (Å²) in [4.78, 5) is 14.8. The average Bonchev–Trinajstić information content (AvgIpc) is 2.97. The fourth-order valence-electron chi connectivity index (χ4n) is 2.85. The number of carbonyl (C=O) groups excluding carboxylic acids is 1. The molecule has 0 fully saturated rings. The van der Waals surface area contributed by atoms with Crippen LogP contribution < -0.4 is 4.74 Å². The molecule has 5 nitrogen and oxygen atoms in total. The topological polar surface area (TPSA) is 47.4 Å². The molecule has 128 valence electrons. The van der Waals surface area contributed by atoms with Crippen LogP contribution in [0, 0.1) is 5.41 Å². The fraction of sp³-hybridized carbons (Fsp3) is 0.474. The minimum absolute atomic E-state index is 0.0527. The SMILES string of the molecule is CC(N1CCn2nc(COc3ccccc3)cc2C1=O)C(C)(C)C. The highest BCUT2D eigenvalue weighted by atomic mass is 16.5. The maximum Gasteiger partial charge on any atom is 0.272 e. The molecule has 1 aliphatic rings. The molecule has 24 heavy (non-hydrogen) atoms. The van der Waals surface area contributed by atoms with Crippen molar-refractivity contribution in [3.63, 3.8) is 0 Å². The molecule has 2 heterocycles. The molecule has 1 aliphatic heterocycles. The van der Waals surface area contributed by atoms with Crippen LogP contribution in [0.3, 0.4) is 0 Å². The summed E-state index contributed by atoms with van der Waals surface area (Å²) in [6, 6.07) is 11.7. The standard InChI is InChI=1S/C19H25N3O2/c1-14(19(2,3)4)21-10-11-22-17(18(21)23)12-15(20-22)13-24-16-8-6-5-7-9-16/h5-9,12,14H,10-11,13H2,1-4H3. The first kappa shape index (κ1) is 16.6. The van der Waals surface area contributed by atoms with E-state index in [-0.39, 0.29) is 17.4 Å². The van der Waals surface area contributed by atoms with Gasteiger partial charge >= 0.3 is 0 Å². The van der Waals surface area contributed by atoms with Gasteiger partial charge in [0.05, 0.1) is 6.54 Å². The second-order valence-corrected chi connectivity index (χ2v) is 7.39. The van der Waals surface area contributed by atoms with E-state index in [0.29, 0.717) is 18.8 Å². The highest BCUT2D eigenvalue weighted by Crippen LogP contribution is 2.27. The molecular weight excluding hydrogens is 302 g/mol. The van der Waals surface area contributed by atoms with Gasteiger partial charge in [0.1, 0.15) is 23.7 Å². The Hall–Kier alpha value is -2.30. The molecule has 0 saturated heterocycles. The van der Waals surface area contributed by atoms with Crippen molar-refractivity contribution in [1.82, 2.24) is 14.7 Å². The van der Waals surface area contributed by atoms with Crippen LogP contribution >= 0.6 is 0 Å². The lowest BCUT2D eigenvalue weighted by Crippen LogP contribution is -2.50. The molecule has 0 aliphatic carbocycles. The highest BCUT2D eigenvalue weighted by Gasteiger charge is 2.34. The average molecular weight is 327 g/mol. The van der Waals surface area contributed by atoms with Crippen molar-refractivity contribution in [3.05, 3.63) is 47.8 Å². The number of rotatable bonds is 4. The number of nitrogens with zero attached hydrogens (tertiary/aromatic N) is 3. The van der Waals surface area contributed by atoms with Gasteiger partial charge in [-0.3, -0.25) is 9.48 Å². The Morgan fingerprint density at radius 3 is 2.58 bits per heavy atom. The number of ether oxygens (including phenoxy) is 1. The van der Waals surface area contributed by atoms with Crippen molar-refractivity contribution in [2.45, 2.75) is 46.9 Å². The molecule has 0 bridgehead atoms. The van der Waals surface area contributed by atoms with Crippen LogP contribution in [0.5, 0.6) is 5.75 Å². The van der Waals surface area contributed by atoms with E-state index in [1.807, 2.05) is 41.3 Å². The fourth-order valence-corrected chi connectivity index (χ4v) is 2.85. The van der Waals surface area contributed by atoms with Gasteiger partial charge in [-0.05, 0) is 30.5 Å². The smallest absolute Gasteiger partial charge is 0.272 e. The molecule has 3 rings (SSSR count). The number of hydrogen-bond acceptors (Lipinski definition) is 3. The molecule has 0 spiro atoms. The summed E-state index contributed by atoms with van der Waals surface area (Å²) < 4.78 is 7.54. The Kier molecular flexibility index (Phi) is 4.35. The zero-order chi connectivity index (χ0) is 17.3. The first-order chi connectivity index (χ1) is 11.4. The van der Waals surface area contributed by atoms with Crippen molar-refractivity contribution in [1.29, 1.82) is 0 Å². The van der Waals surface area contributed by atoms with E-state index in [1.165, 1.54) is 0 Å². The summed E-state index contributed by atoms with van der Waals surface area (Å²) in [5, 5.41) is 4.52. The zero-order valence-electron chi connectivity index (χ0n) is 14.8. The first-order valence-corrected chi connectivity index (χ1v) is 8.42. The second-order valence-electron chi connectivity index (χ2n) is 7.39. The predicted octanol–water partition coefficient (Wildman–Crippen LogP) is 3.35. The van der Waals surface area contributed by atoms with Gasteiger partial charge in [0.25, 0.3) is 5.91 Å². The summed E-state index contributed by atoms with van der Waals surface area (Å²) in [7, 11) is 0. The van der Waals surface area contributed by atoms with Crippen LogP contribution in [0.2, 0.25) is 0 Å². The van der Waals surface area contributed by atoms with E-state index in [0.717, 1.165) is 18.0 Å². The number of para-hydroxylation sites is 1. The number of amides is 1. The molecule has 0 saturated carbocycles. The Morgan fingerprint density at radius 2 is 1.92 bits per heavy atom. The van der Waals surface area contributed by atoms with E-state index < -0.39 is 0 Å². The van der Waals surface area contributed by atoms with Gasteiger partial charge in [-0.25, -0.2) is 0 Å². The van der Waals surface area contributed by atoms with Gasteiger partial charge in [0.2, 0.25) is 0 Å². The van der Waals surface area contributed by atoms with E-state index in [2.05, 4.69) is 32.8 Å². The summed E-state index contributed by atoms with van der Waals surface area (Å²) in [5.74, 6) is 0.861. The Labute approximate surface area is 143 Å². The van der Waals surface area contributed by atoms with Gasteiger partial charge in [0.15, 0.2) is 0 Å². The number of aromatic nitrogens is 2. The molecular formula is C19H25N3O2. The van der Waals surface area contributed by atoms with Crippen molar-refractivity contribution < 1.29 is 9.53 Å². The van der Waals surface area contributed by atoms with Crippen LogP contribution in [0.1, 0.15) is 43.9 Å². The van der Waals surface area contributed by atoms with Crippen LogP contribution in [0.4, 0.5) is 0 Å². The summed E-state index contributed by atoms with van der Waals surface area (Å²) >= 11 is 0. The second kappa shape index (κ2) is 6.30. The number of benzene rings is 1. The van der Waals surface area contributed by atoms with Crippen molar-refractivity contribution in [2.75, 3.05) is 6.54 Å². The molecule has 5 heteroatoms. The molecule has 0 N–H and O–H groups in total. The maximum absolute atomic E-state index is 12.8. The molecule has 0 radical (unpaired) electrons. The molecule has 1 atom stereocenters. The lowest BCUT2D eigenvalue weighted by molar-refractivity contribution is 0.0477. The van der Waals surface area contributed by atoms with E-state index in [1.54, 1.807) is 4.68 Å². The highest BCUT2D eigenvalue weighted by molar-refractivity contribution is 5.93. The quantitative estimate of drug-likeness (QED) is 0.865. The Balaban J connectivity index is 1.73. The van der Waals surface area contributed by atoms with E-state index >= 15 is 0 Å². The third-order valence-corrected chi connectivity index (χ3v) is 4.71. The molecule has 1 aromatic carbocycles. The van der Waals surface area contributed by atoms with Gasteiger partial charge in [0, 0.05) is 12.6 Å². The normalized spacial score (nSPS) is 16.0. The largest absolute Gasteiger partial charge is 0.487 e. The third kappa shape index (κ3) is 3.30. The lowest BCUT2D eigenvalue weighted by atomic mass is 9.86. The van der Waals surface area contributed by atoms with Gasteiger partial charge < -0.3 is 9.64 Å². The summed E-state index contributed by atoms with van der Waals surface area (Å²) in [6.45, 7) is 10.4. The van der Waals surface area contributed by atoms with Crippen LogP contribution in [-0.4, -0.2) is 33.2 Å². The van der Waals surface area contributed by atoms with Crippen molar-refractivity contribution in [2.24, 2.45) is 5.41 Å². The third-order valence-electron chi connectivity index (χ3n) is 4.71. The molecule has 1 unspecified atom stereocenters. The Morgan fingerprint density at radius 1 is 1.21 bits per heavy atom. The minimum Gasteiger partial charge on any atom is -0.487 e. The number of carbonyl (C=O) groups is 1. The zero-order valence-corrected chi connectivity index (χ0v) is 14.8. The first-order valence-electron chi connectivity index (χ1n) is 8.42. The molecule has 1 aromatic heterocycles. The van der Waals surface area contributed by atoms with Crippen LogP contribution in [0.15, 0.2) is 36.4 Å². The van der Waals surface area contributed by atoms with Gasteiger partial charge in [-0.15, -0.1) is 0 Å². The maximum atomic E-state index is 12.8. The summed E-state index contributed by atoms with van der Waals surface area (Å²) in [5.41, 5.74) is 1.49. The molecule has 2 aromatic rings. The van der Waals surface area contributed by atoms with E-state index in [9.17, 15) is 4.79 Å². The number of hydrogen-bond donors (Lipinski definition) is 0. The molecule has 1 amide bonds. The van der Waals surface area contributed by atoms with E-state index in [4.69, 9.17) is 4.74 Å². The lowest BCUT2D eigenvalue weighted by Gasteiger charge is -2.39. The monoisotopic (exact) mass is 327 g/mol. The predicted molar refractivity (Wildman–Crippen MR) is 93.0 cm³/mol. The number of fused-ring (bicyclic) bond motifs is 1. The van der Waals surface area contributed by atoms with Crippen LogP contribution in [-0.2, 0) is 13.2 Å². The van der Waals surface area contributed by atoms with Crippen molar-refractivity contribution >= 4 is 5.91 Å². The Bertz CT molecular complexity index is 716. The van der Waals surface area contributed by atoms with Gasteiger partial charge in [-0.2, -0.15) is 5.10 Å².